The molecule has 2 N–H and O–H groups in total. The Labute approximate surface area is 278 Å². The Balaban J connectivity index is 1.27. The van der Waals surface area contributed by atoms with Gasteiger partial charge in [0, 0.05) is 43.2 Å². The second-order valence-electron chi connectivity index (χ2n) is 11.5. The zero-order valence-corrected chi connectivity index (χ0v) is 26.8. The fourth-order valence-corrected chi connectivity index (χ4v) is 5.71. The predicted octanol–water partition coefficient (Wildman–Crippen LogP) is 4.24. The summed E-state index contributed by atoms with van der Waals surface area (Å²) in [6.45, 7) is 0.654. The number of ether oxygens (including phenoxy) is 5. The van der Waals surface area contributed by atoms with Crippen LogP contribution in [-0.2, 0) is 16.1 Å². The van der Waals surface area contributed by atoms with Gasteiger partial charge in [-0.25, -0.2) is 0 Å². The Kier molecular flexibility index (Phi) is 9.94. The summed E-state index contributed by atoms with van der Waals surface area (Å²) in [4.78, 5) is 41.4. The van der Waals surface area contributed by atoms with Crippen LogP contribution in [0.3, 0.4) is 0 Å². The highest BCUT2D eigenvalue weighted by Crippen LogP contribution is 2.33. The zero-order valence-electron chi connectivity index (χ0n) is 26.8. The molecule has 3 aliphatic rings. The van der Waals surface area contributed by atoms with Crippen molar-refractivity contribution in [3.05, 3.63) is 102 Å². The van der Waals surface area contributed by atoms with Gasteiger partial charge < -0.3 is 39.2 Å². The summed E-state index contributed by atoms with van der Waals surface area (Å²) in [5, 5.41) is 6.01. The first-order chi connectivity index (χ1) is 23.4. The summed E-state index contributed by atoms with van der Waals surface area (Å²) in [5.41, 5.74) is 2.72. The quantitative estimate of drug-likeness (QED) is 0.329. The van der Waals surface area contributed by atoms with Gasteiger partial charge in [-0.15, -0.1) is 0 Å². The van der Waals surface area contributed by atoms with Crippen molar-refractivity contribution >= 4 is 17.7 Å². The molecule has 248 valence electrons. The second-order valence-corrected chi connectivity index (χ2v) is 11.5. The maximum atomic E-state index is 13.8. The number of hydrogen-bond donors (Lipinski definition) is 2. The van der Waals surface area contributed by atoms with E-state index in [0.717, 1.165) is 11.1 Å². The number of likely N-dealkylation sites (tertiary alicyclic amines) is 1. The van der Waals surface area contributed by atoms with Crippen molar-refractivity contribution in [1.29, 1.82) is 0 Å². The molecule has 3 aliphatic heterocycles. The molecular formula is C37H37N3O8. The van der Waals surface area contributed by atoms with Crippen LogP contribution in [0.1, 0.15) is 22.3 Å². The van der Waals surface area contributed by atoms with Crippen LogP contribution in [0.4, 0.5) is 0 Å². The van der Waals surface area contributed by atoms with Crippen molar-refractivity contribution in [3.8, 4) is 39.9 Å². The normalized spacial score (nSPS) is 17.8. The molecule has 1 saturated heterocycles. The van der Waals surface area contributed by atoms with Gasteiger partial charge in [-0.1, -0.05) is 30.3 Å². The summed E-state index contributed by atoms with van der Waals surface area (Å²) < 4.78 is 28.8. The highest BCUT2D eigenvalue weighted by atomic mass is 16.5. The third kappa shape index (κ3) is 7.80. The molecular weight excluding hydrogens is 614 g/mol. The highest BCUT2D eigenvalue weighted by molar-refractivity contribution is 5.96. The number of benzene rings is 4. The smallest absolute Gasteiger partial charge is 0.260 e. The molecule has 0 aliphatic carbocycles. The van der Waals surface area contributed by atoms with E-state index in [0.29, 0.717) is 59.4 Å². The van der Waals surface area contributed by atoms with E-state index in [1.807, 2.05) is 36.4 Å². The van der Waals surface area contributed by atoms with Gasteiger partial charge in [-0.05, 0) is 65.7 Å². The number of methoxy groups -OCH3 is 2. The van der Waals surface area contributed by atoms with Gasteiger partial charge in [0.2, 0.25) is 0 Å². The Bertz CT molecular complexity index is 1780. The largest absolute Gasteiger partial charge is 0.497 e. The minimum absolute atomic E-state index is 0.153. The van der Waals surface area contributed by atoms with Crippen LogP contribution in [0.2, 0.25) is 0 Å². The first kappa shape index (κ1) is 32.2. The van der Waals surface area contributed by atoms with E-state index in [1.54, 1.807) is 73.7 Å². The zero-order chi connectivity index (χ0) is 33.5. The summed E-state index contributed by atoms with van der Waals surface area (Å²) in [7, 11) is 3.13. The number of rotatable bonds is 5. The van der Waals surface area contributed by atoms with Gasteiger partial charge in [0.15, 0.2) is 13.2 Å². The minimum atomic E-state index is -0.529. The van der Waals surface area contributed by atoms with E-state index in [1.165, 1.54) is 0 Å². The standard InChI is InChI=1S/C37H37N3O8/c1-44-28-6-4-8-30(19-28)47-23-36(42)40-16-15-34-32(21-40)39-37(43)26-11-14-33(45-2)31(18-26)25-5-3-7-29(17-25)46-22-35(41)38-20-24-9-12-27(48-34)13-10-24/h3-14,17-19,32,34H,15-16,20-23H2,1-2H3,(H,38,41)(H,39,43)/t32-,34-/m1/s1. The monoisotopic (exact) mass is 651 g/mol. The maximum absolute atomic E-state index is 13.8. The third-order valence-corrected chi connectivity index (χ3v) is 8.30. The van der Waals surface area contributed by atoms with Gasteiger partial charge in [0.1, 0.15) is 34.9 Å². The lowest BCUT2D eigenvalue weighted by molar-refractivity contribution is -0.135. The fourth-order valence-electron chi connectivity index (χ4n) is 5.71. The van der Waals surface area contributed by atoms with Crippen LogP contribution in [-0.4, -0.2) is 75.3 Å². The van der Waals surface area contributed by atoms with Crippen LogP contribution in [0.15, 0.2) is 91.0 Å². The summed E-state index contributed by atoms with van der Waals surface area (Å²) in [6, 6.07) is 26.4. The van der Waals surface area contributed by atoms with Crippen molar-refractivity contribution < 1.29 is 38.1 Å². The Hall–Kier alpha value is -5.71. The molecule has 11 nitrogen and oxygen atoms in total. The number of piperidine rings is 1. The average molecular weight is 652 g/mol. The van der Waals surface area contributed by atoms with E-state index in [9.17, 15) is 14.4 Å². The Morgan fingerprint density at radius 3 is 2.50 bits per heavy atom. The van der Waals surface area contributed by atoms with Crippen molar-refractivity contribution in [3.63, 3.8) is 0 Å². The molecule has 3 heterocycles. The molecule has 3 amide bonds. The molecule has 7 rings (SSSR count). The van der Waals surface area contributed by atoms with Crippen molar-refractivity contribution in [1.82, 2.24) is 15.5 Å². The lowest BCUT2D eigenvalue weighted by atomic mass is 9.99. The summed E-state index contributed by atoms with van der Waals surface area (Å²) in [5.74, 6) is 2.03. The molecule has 6 bridgehead atoms. The molecule has 11 heteroatoms. The molecule has 48 heavy (non-hydrogen) atoms. The number of carbonyl (C=O) groups is 3. The predicted molar refractivity (Wildman–Crippen MR) is 178 cm³/mol. The van der Waals surface area contributed by atoms with Gasteiger partial charge in [0.25, 0.3) is 17.7 Å². The lowest BCUT2D eigenvalue weighted by Gasteiger charge is -2.38. The Morgan fingerprint density at radius 2 is 1.69 bits per heavy atom. The molecule has 4 aromatic carbocycles. The lowest BCUT2D eigenvalue weighted by Crippen LogP contribution is -2.58. The van der Waals surface area contributed by atoms with Gasteiger partial charge >= 0.3 is 0 Å². The number of hydrogen-bond acceptors (Lipinski definition) is 8. The highest BCUT2D eigenvalue weighted by Gasteiger charge is 2.34. The van der Waals surface area contributed by atoms with Gasteiger partial charge in [-0.2, -0.15) is 0 Å². The van der Waals surface area contributed by atoms with Crippen molar-refractivity contribution in [2.24, 2.45) is 0 Å². The number of amides is 3. The molecule has 0 aromatic heterocycles. The fraction of sp³-hybridized carbons (Fsp3) is 0.270. The van der Waals surface area contributed by atoms with Crippen molar-refractivity contribution in [2.45, 2.75) is 25.1 Å². The number of nitrogens with zero attached hydrogens (tertiary/aromatic N) is 1. The molecule has 2 atom stereocenters. The minimum Gasteiger partial charge on any atom is -0.497 e. The number of nitrogens with one attached hydrogen (secondary N) is 2. The summed E-state index contributed by atoms with van der Waals surface area (Å²) >= 11 is 0. The molecule has 0 unspecified atom stereocenters. The van der Waals surface area contributed by atoms with E-state index >= 15 is 0 Å². The Morgan fingerprint density at radius 1 is 0.875 bits per heavy atom. The van der Waals surface area contributed by atoms with Gasteiger partial charge in [-0.3, -0.25) is 14.4 Å². The van der Waals surface area contributed by atoms with Crippen LogP contribution >= 0.6 is 0 Å². The van der Waals surface area contributed by atoms with E-state index in [4.69, 9.17) is 23.7 Å². The first-order valence-electron chi connectivity index (χ1n) is 15.7. The van der Waals surface area contributed by atoms with Crippen LogP contribution < -0.4 is 34.3 Å². The number of carbonyl (C=O) groups excluding carboxylic acids is 3. The first-order valence-corrected chi connectivity index (χ1v) is 15.7. The maximum Gasteiger partial charge on any atom is 0.260 e. The van der Waals surface area contributed by atoms with Crippen LogP contribution in [0, 0.1) is 0 Å². The third-order valence-electron chi connectivity index (χ3n) is 8.30. The molecule has 0 saturated carbocycles. The molecule has 0 radical (unpaired) electrons. The number of fused-ring (bicyclic) bond motifs is 7. The van der Waals surface area contributed by atoms with Crippen LogP contribution in [0.25, 0.3) is 11.1 Å². The topological polar surface area (TPSA) is 125 Å². The molecule has 4 aromatic rings. The van der Waals surface area contributed by atoms with E-state index in [2.05, 4.69) is 10.6 Å². The molecule has 0 spiro atoms. The van der Waals surface area contributed by atoms with E-state index in [-0.39, 0.29) is 37.5 Å². The SMILES string of the molecule is COc1cccc(OCC(=O)N2CC[C@H]3Oc4ccc(cc4)CNC(=O)COc4cccc(c4)-c4cc(ccc4OC)C(=O)N[C@@H]3C2)c1. The average Bonchev–Trinajstić information content (AvgIpc) is 3.12. The van der Waals surface area contributed by atoms with Crippen molar-refractivity contribution in [2.75, 3.05) is 40.5 Å². The summed E-state index contributed by atoms with van der Waals surface area (Å²) in [6.07, 6.45) is 0.0638. The van der Waals surface area contributed by atoms with Gasteiger partial charge in [0.05, 0.1) is 20.3 Å². The van der Waals surface area contributed by atoms with Crippen LogP contribution in [0.5, 0.6) is 28.7 Å². The van der Waals surface area contributed by atoms with E-state index < -0.39 is 12.1 Å². The second kappa shape index (κ2) is 14.8. The molecule has 1 fully saturated rings.